The molecule has 2 heteroatoms. The van der Waals surface area contributed by atoms with Crippen LogP contribution in [0.1, 0.15) is 38.5 Å². The molecule has 0 radical (unpaired) electrons. The molecule has 0 unspecified atom stereocenters. The molecule has 11 heavy (non-hydrogen) atoms. The van der Waals surface area contributed by atoms with Crippen LogP contribution in [0.2, 0.25) is 0 Å². The summed E-state index contributed by atoms with van der Waals surface area (Å²) in [4.78, 5) is 0. The van der Waals surface area contributed by atoms with Crippen molar-refractivity contribution in [2.75, 3.05) is 13.1 Å². The fourth-order valence-corrected chi connectivity index (χ4v) is 2.30. The highest BCUT2D eigenvalue weighted by molar-refractivity contribution is 4.90. The normalized spacial score (nSPS) is 30.5. The van der Waals surface area contributed by atoms with Gasteiger partial charge in [-0.05, 0) is 51.6 Å². The fraction of sp³-hybridized carbons (Fsp3) is 1.00. The summed E-state index contributed by atoms with van der Waals surface area (Å²) in [7, 11) is 0. The van der Waals surface area contributed by atoms with Crippen molar-refractivity contribution < 1.29 is 0 Å². The van der Waals surface area contributed by atoms with Crippen LogP contribution in [0.3, 0.4) is 0 Å². The molecule has 2 rings (SSSR count). The van der Waals surface area contributed by atoms with Crippen LogP contribution in [0.15, 0.2) is 0 Å². The van der Waals surface area contributed by atoms with E-state index in [1.165, 1.54) is 51.6 Å². The average Bonchev–Trinajstić information content (AvgIpc) is 2.07. The summed E-state index contributed by atoms with van der Waals surface area (Å²) < 4.78 is 0. The summed E-state index contributed by atoms with van der Waals surface area (Å²) in [6, 6.07) is 0. The second-order valence-corrected chi connectivity index (χ2v) is 3.85. The van der Waals surface area contributed by atoms with Crippen molar-refractivity contribution in [1.82, 2.24) is 10.6 Å². The summed E-state index contributed by atoms with van der Waals surface area (Å²) in [5.74, 6) is 0. The number of piperidine rings is 2. The first-order valence-corrected chi connectivity index (χ1v) is 4.91. The number of hydrogen-bond acceptors (Lipinski definition) is 2. The van der Waals surface area contributed by atoms with E-state index in [1.54, 1.807) is 0 Å². The minimum Gasteiger partial charge on any atom is -0.299 e. The molecule has 0 aliphatic carbocycles. The maximum absolute atomic E-state index is 3.62. The summed E-state index contributed by atoms with van der Waals surface area (Å²) in [5.41, 5.74) is 0.358. The monoisotopic (exact) mass is 154 g/mol. The van der Waals surface area contributed by atoms with E-state index in [1.807, 2.05) is 0 Å². The molecular formula is C9H18N2. The highest BCUT2D eigenvalue weighted by atomic mass is 15.2. The van der Waals surface area contributed by atoms with Crippen molar-refractivity contribution >= 4 is 0 Å². The lowest BCUT2D eigenvalue weighted by Gasteiger charge is -2.42. The van der Waals surface area contributed by atoms with Gasteiger partial charge in [0.05, 0.1) is 5.66 Å². The van der Waals surface area contributed by atoms with Gasteiger partial charge in [-0.3, -0.25) is 10.6 Å². The lowest BCUT2D eigenvalue weighted by Crippen LogP contribution is -2.60. The standard InChI is InChI=1S/C9H18N2/c1-3-7-10-9(5-1)6-2-4-8-11-9/h10-11H,1-8H2. The molecule has 0 amide bonds. The molecule has 2 fully saturated rings. The molecule has 2 aliphatic heterocycles. The third-order valence-corrected chi connectivity index (χ3v) is 2.99. The summed E-state index contributed by atoms with van der Waals surface area (Å²) >= 11 is 0. The summed E-state index contributed by atoms with van der Waals surface area (Å²) in [6.45, 7) is 2.43. The fourth-order valence-electron chi connectivity index (χ4n) is 2.30. The maximum atomic E-state index is 3.62. The average molecular weight is 154 g/mol. The van der Waals surface area contributed by atoms with E-state index >= 15 is 0 Å². The van der Waals surface area contributed by atoms with Crippen molar-refractivity contribution in [2.24, 2.45) is 0 Å². The zero-order valence-electron chi connectivity index (χ0n) is 7.16. The van der Waals surface area contributed by atoms with Crippen molar-refractivity contribution in [3.05, 3.63) is 0 Å². The van der Waals surface area contributed by atoms with Gasteiger partial charge in [0.2, 0.25) is 0 Å². The Morgan fingerprint density at radius 2 is 1.27 bits per heavy atom. The Hall–Kier alpha value is -0.0800. The second kappa shape index (κ2) is 3.11. The first-order valence-electron chi connectivity index (χ1n) is 4.91. The van der Waals surface area contributed by atoms with E-state index in [0.29, 0.717) is 5.66 Å². The molecule has 0 bridgehead atoms. The van der Waals surface area contributed by atoms with Crippen LogP contribution in [-0.4, -0.2) is 18.8 Å². The number of hydrogen-bond donors (Lipinski definition) is 2. The first kappa shape index (κ1) is 7.56. The quantitative estimate of drug-likeness (QED) is 0.548. The molecular weight excluding hydrogens is 136 g/mol. The molecule has 2 nitrogen and oxygen atoms in total. The van der Waals surface area contributed by atoms with Crippen LogP contribution in [0.4, 0.5) is 0 Å². The zero-order valence-corrected chi connectivity index (χ0v) is 7.16. The first-order chi connectivity index (χ1) is 5.41. The molecule has 64 valence electrons. The molecule has 0 aromatic carbocycles. The third kappa shape index (κ3) is 1.57. The van der Waals surface area contributed by atoms with E-state index in [9.17, 15) is 0 Å². The van der Waals surface area contributed by atoms with Gasteiger partial charge in [-0.15, -0.1) is 0 Å². The number of nitrogens with one attached hydrogen (secondary N) is 2. The van der Waals surface area contributed by atoms with Gasteiger partial charge in [-0.25, -0.2) is 0 Å². The van der Waals surface area contributed by atoms with Gasteiger partial charge < -0.3 is 0 Å². The molecule has 1 spiro atoms. The van der Waals surface area contributed by atoms with Gasteiger partial charge in [-0.2, -0.15) is 0 Å². The predicted molar refractivity (Wildman–Crippen MR) is 46.4 cm³/mol. The zero-order chi connectivity index (χ0) is 7.57. The topological polar surface area (TPSA) is 24.1 Å². The highest BCUT2D eigenvalue weighted by Gasteiger charge is 2.31. The minimum atomic E-state index is 0.358. The minimum absolute atomic E-state index is 0.358. The van der Waals surface area contributed by atoms with E-state index in [-0.39, 0.29) is 0 Å². The van der Waals surface area contributed by atoms with Crippen LogP contribution >= 0.6 is 0 Å². The predicted octanol–water partition coefficient (Wildman–Crippen LogP) is 1.23. The molecule has 2 saturated heterocycles. The van der Waals surface area contributed by atoms with Crippen LogP contribution in [0, 0.1) is 0 Å². The molecule has 0 aromatic rings. The molecule has 2 aliphatic rings. The maximum Gasteiger partial charge on any atom is 0.0687 e. The van der Waals surface area contributed by atoms with Gasteiger partial charge >= 0.3 is 0 Å². The summed E-state index contributed by atoms with van der Waals surface area (Å²) in [6.07, 6.45) is 8.22. The van der Waals surface area contributed by atoms with Crippen molar-refractivity contribution in [3.8, 4) is 0 Å². The number of rotatable bonds is 0. The van der Waals surface area contributed by atoms with Gasteiger partial charge in [0.25, 0.3) is 0 Å². The van der Waals surface area contributed by atoms with Gasteiger partial charge in [0, 0.05) is 0 Å². The Morgan fingerprint density at radius 3 is 1.64 bits per heavy atom. The molecule has 2 heterocycles. The Kier molecular flexibility index (Phi) is 2.14. The Morgan fingerprint density at radius 1 is 0.727 bits per heavy atom. The van der Waals surface area contributed by atoms with Gasteiger partial charge in [0.1, 0.15) is 0 Å². The lowest BCUT2D eigenvalue weighted by atomic mass is 9.89. The van der Waals surface area contributed by atoms with Crippen LogP contribution < -0.4 is 10.6 Å². The molecule has 0 saturated carbocycles. The van der Waals surface area contributed by atoms with Crippen molar-refractivity contribution in [3.63, 3.8) is 0 Å². The lowest BCUT2D eigenvalue weighted by molar-refractivity contribution is 0.157. The van der Waals surface area contributed by atoms with Gasteiger partial charge in [-0.1, -0.05) is 0 Å². The van der Waals surface area contributed by atoms with E-state index in [4.69, 9.17) is 0 Å². The molecule has 0 aromatic heterocycles. The van der Waals surface area contributed by atoms with Crippen LogP contribution in [0.5, 0.6) is 0 Å². The summed E-state index contributed by atoms with van der Waals surface area (Å²) in [5, 5.41) is 7.25. The highest BCUT2D eigenvalue weighted by Crippen LogP contribution is 2.24. The van der Waals surface area contributed by atoms with E-state index < -0.39 is 0 Å². The second-order valence-electron chi connectivity index (χ2n) is 3.85. The van der Waals surface area contributed by atoms with Crippen LogP contribution in [-0.2, 0) is 0 Å². The Labute approximate surface area is 68.7 Å². The molecule has 0 atom stereocenters. The third-order valence-electron chi connectivity index (χ3n) is 2.99. The van der Waals surface area contributed by atoms with Gasteiger partial charge in [0.15, 0.2) is 0 Å². The van der Waals surface area contributed by atoms with Crippen LogP contribution in [0.25, 0.3) is 0 Å². The smallest absolute Gasteiger partial charge is 0.0687 e. The Bertz CT molecular complexity index is 102. The SMILES string of the molecule is C1CCC2(CCCCN2)NC1. The van der Waals surface area contributed by atoms with E-state index in [0.717, 1.165) is 0 Å². The molecule has 2 N–H and O–H groups in total. The Balaban J connectivity index is 1.94. The largest absolute Gasteiger partial charge is 0.299 e. The van der Waals surface area contributed by atoms with Crippen molar-refractivity contribution in [1.29, 1.82) is 0 Å². The van der Waals surface area contributed by atoms with E-state index in [2.05, 4.69) is 10.6 Å². The van der Waals surface area contributed by atoms with Crippen molar-refractivity contribution in [2.45, 2.75) is 44.2 Å².